The van der Waals surface area contributed by atoms with Gasteiger partial charge in [0.15, 0.2) is 0 Å². The summed E-state index contributed by atoms with van der Waals surface area (Å²) in [6.45, 7) is 6.69. The summed E-state index contributed by atoms with van der Waals surface area (Å²) in [5.74, 6) is 0.696. The second-order valence-electron chi connectivity index (χ2n) is 4.69. The Morgan fingerprint density at radius 1 is 1.44 bits per heavy atom. The quantitative estimate of drug-likeness (QED) is 0.595. The molecule has 0 aliphatic heterocycles. The second kappa shape index (κ2) is 7.27. The van der Waals surface area contributed by atoms with Crippen LogP contribution in [0.15, 0.2) is 47.6 Å². The Bertz CT molecular complexity index is 313. The van der Waals surface area contributed by atoms with E-state index >= 15 is 0 Å². The highest BCUT2D eigenvalue weighted by atomic mass is 14.1. The third-order valence-corrected chi connectivity index (χ3v) is 2.95. The molecule has 0 saturated carbocycles. The summed E-state index contributed by atoms with van der Waals surface area (Å²) in [7, 11) is 0. The maximum absolute atomic E-state index is 2.37. The van der Waals surface area contributed by atoms with E-state index < -0.39 is 0 Å². The summed E-state index contributed by atoms with van der Waals surface area (Å²) in [6, 6.07) is 0. The molecule has 1 aliphatic rings. The molecule has 0 radical (unpaired) electrons. The number of hydrogen-bond donors (Lipinski definition) is 0. The van der Waals surface area contributed by atoms with Crippen LogP contribution in [0.3, 0.4) is 0 Å². The topological polar surface area (TPSA) is 0 Å². The fourth-order valence-corrected chi connectivity index (χ4v) is 2.00. The van der Waals surface area contributed by atoms with Crippen molar-refractivity contribution in [2.45, 2.75) is 46.5 Å². The molecule has 0 bridgehead atoms. The van der Waals surface area contributed by atoms with E-state index in [2.05, 4.69) is 57.2 Å². The van der Waals surface area contributed by atoms with E-state index in [1.54, 1.807) is 5.57 Å². The van der Waals surface area contributed by atoms with Gasteiger partial charge in [0, 0.05) is 0 Å². The van der Waals surface area contributed by atoms with Crippen molar-refractivity contribution in [3.63, 3.8) is 0 Å². The Morgan fingerprint density at radius 2 is 2.25 bits per heavy atom. The van der Waals surface area contributed by atoms with E-state index in [-0.39, 0.29) is 0 Å². The summed E-state index contributed by atoms with van der Waals surface area (Å²) in [5.41, 5.74) is 2.97. The standard InChI is InChI=1S/C16H24/c1-4-8-15(3)13-16-10-7-5-6-9-14(2)11-12-16/h5-9,13-14H,4,10-12H2,1-3H3/b7-5-,9-6-,15-8-,16-13-. The summed E-state index contributed by atoms with van der Waals surface area (Å²) in [4.78, 5) is 0. The first-order chi connectivity index (χ1) is 7.72. The summed E-state index contributed by atoms with van der Waals surface area (Å²) in [6.07, 6.45) is 18.3. The van der Waals surface area contributed by atoms with E-state index in [1.807, 2.05) is 0 Å². The minimum absolute atomic E-state index is 0.696. The lowest BCUT2D eigenvalue weighted by molar-refractivity contribution is 0.641. The predicted molar refractivity (Wildman–Crippen MR) is 73.4 cm³/mol. The van der Waals surface area contributed by atoms with Gasteiger partial charge in [0.1, 0.15) is 0 Å². The van der Waals surface area contributed by atoms with Crippen LogP contribution < -0.4 is 0 Å². The summed E-state index contributed by atoms with van der Waals surface area (Å²) in [5, 5.41) is 0. The molecule has 0 aromatic rings. The summed E-state index contributed by atoms with van der Waals surface area (Å²) >= 11 is 0. The molecule has 88 valence electrons. The largest absolute Gasteiger partial charge is 0.0819 e. The van der Waals surface area contributed by atoms with Crippen LogP contribution in [0.4, 0.5) is 0 Å². The van der Waals surface area contributed by atoms with Crippen molar-refractivity contribution in [3.8, 4) is 0 Å². The Morgan fingerprint density at radius 3 is 3.00 bits per heavy atom. The molecule has 0 fully saturated rings. The van der Waals surface area contributed by atoms with Crippen LogP contribution in [0.1, 0.15) is 46.5 Å². The molecule has 0 aromatic heterocycles. The Labute approximate surface area is 100 Å². The fraction of sp³-hybridized carbons (Fsp3) is 0.500. The molecule has 0 aromatic carbocycles. The zero-order chi connectivity index (χ0) is 11.8. The molecule has 0 saturated heterocycles. The third kappa shape index (κ3) is 5.16. The van der Waals surface area contributed by atoms with Crippen LogP contribution in [0.2, 0.25) is 0 Å². The molecule has 1 unspecified atom stereocenters. The molecule has 1 atom stereocenters. The molecule has 0 nitrogen and oxygen atoms in total. The van der Waals surface area contributed by atoms with Crippen molar-refractivity contribution >= 4 is 0 Å². The Balaban J connectivity index is 2.69. The highest BCUT2D eigenvalue weighted by Crippen LogP contribution is 2.20. The zero-order valence-electron chi connectivity index (χ0n) is 10.9. The van der Waals surface area contributed by atoms with Gasteiger partial charge in [0.05, 0.1) is 0 Å². The lowest BCUT2D eigenvalue weighted by Crippen LogP contribution is -1.91. The molecule has 0 heteroatoms. The maximum atomic E-state index is 2.37. The van der Waals surface area contributed by atoms with Gasteiger partial charge in [-0.05, 0) is 38.5 Å². The van der Waals surface area contributed by atoms with Crippen LogP contribution in [-0.4, -0.2) is 0 Å². The second-order valence-corrected chi connectivity index (χ2v) is 4.69. The van der Waals surface area contributed by atoms with E-state index in [0.29, 0.717) is 5.92 Å². The van der Waals surface area contributed by atoms with Crippen molar-refractivity contribution in [2.75, 3.05) is 0 Å². The molecule has 0 amide bonds. The van der Waals surface area contributed by atoms with E-state index in [1.165, 1.54) is 18.4 Å². The van der Waals surface area contributed by atoms with Gasteiger partial charge < -0.3 is 0 Å². The smallest absolute Gasteiger partial charge is 0.0132 e. The Hall–Kier alpha value is -1.04. The lowest BCUT2D eigenvalue weighted by Gasteiger charge is -2.08. The van der Waals surface area contributed by atoms with Gasteiger partial charge in [0.25, 0.3) is 0 Å². The zero-order valence-corrected chi connectivity index (χ0v) is 10.9. The molecular weight excluding hydrogens is 192 g/mol. The van der Waals surface area contributed by atoms with Gasteiger partial charge in [-0.25, -0.2) is 0 Å². The van der Waals surface area contributed by atoms with Crippen molar-refractivity contribution < 1.29 is 0 Å². The molecule has 0 N–H and O–H groups in total. The average Bonchev–Trinajstić information content (AvgIpc) is 2.33. The first-order valence-corrected chi connectivity index (χ1v) is 6.42. The maximum Gasteiger partial charge on any atom is -0.0132 e. The van der Waals surface area contributed by atoms with Gasteiger partial charge in [-0.1, -0.05) is 61.4 Å². The number of allylic oxidation sites excluding steroid dienone is 8. The molecule has 0 spiro atoms. The Kier molecular flexibility index (Phi) is 5.92. The molecule has 1 rings (SSSR count). The molecule has 0 heterocycles. The highest BCUT2D eigenvalue weighted by molar-refractivity contribution is 5.24. The van der Waals surface area contributed by atoms with Gasteiger partial charge in [-0.3, -0.25) is 0 Å². The molecule has 16 heavy (non-hydrogen) atoms. The summed E-state index contributed by atoms with van der Waals surface area (Å²) < 4.78 is 0. The van der Waals surface area contributed by atoms with Crippen LogP contribution in [0, 0.1) is 5.92 Å². The fourth-order valence-electron chi connectivity index (χ4n) is 2.00. The van der Waals surface area contributed by atoms with Crippen LogP contribution in [-0.2, 0) is 0 Å². The van der Waals surface area contributed by atoms with Gasteiger partial charge in [-0.15, -0.1) is 0 Å². The number of rotatable bonds is 2. The average molecular weight is 216 g/mol. The lowest BCUT2D eigenvalue weighted by atomic mass is 9.98. The van der Waals surface area contributed by atoms with Crippen molar-refractivity contribution in [1.82, 2.24) is 0 Å². The van der Waals surface area contributed by atoms with Crippen LogP contribution in [0.25, 0.3) is 0 Å². The molecular formula is C16H24. The van der Waals surface area contributed by atoms with E-state index in [4.69, 9.17) is 0 Å². The van der Waals surface area contributed by atoms with E-state index in [9.17, 15) is 0 Å². The van der Waals surface area contributed by atoms with Gasteiger partial charge in [0.2, 0.25) is 0 Å². The minimum atomic E-state index is 0.696. The predicted octanol–water partition coefficient (Wildman–Crippen LogP) is 5.20. The van der Waals surface area contributed by atoms with Gasteiger partial charge in [-0.2, -0.15) is 0 Å². The van der Waals surface area contributed by atoms with E-state index in [0.717, 1.165) is 12.8 Å². The third-order valence-electron chi connectivity index (χ3n) is 2.95. The first-order valence-electron chi connectivity index (χ1n) is 6.42. The van der Waals surface area contributed by atoms with Gasteiger partial charge >= 0.3 is 0 Å². The minimum Gasteiger partial charge on any atom is -0.0819 e. The highest BCUT2D eigenvalue weighted by Gasteiger charge is 2.02. The van der Waals surface area contributed by atoms with Crippen LogP contribution in [0.5, 0.6) is 0 Å². The van der Waals surface area contributed by atoms with Crippen molar-refractivity contribution in [2.24, 2.45) is 5.92 Å². The van der Waals surface area contributed by atoms with Crippen molar-refractivity contribution in [3.05, 3.63) is 47.6 Å². The monoisotopic (exact) mass is 216 g/mol. The van der Waals surface area contributed by atoms with Crippen LogP contribution >= 0.6 is 0 Å². The normalized spacial score (nSPS) is 29.3. The molecule has 1 aliphatic carbocycles. The first kappa shape index (κ1) is 13.0. The SMILES string of the molecule is CC/C=C(C)\C=C1\C/C=C\C=C/C(C)CC1. The van der Waals surface area contributed by atoms with Crippen molar-refractivity contribution in [1.29, 1.82) is 0 Å². The number of hydrogen-bond acceptors (Lipinski definition) is 0.